The van der Waals surface area contributed by atoms with E-state index in [9.17, 15) is 0 Å². The van der Waals surface area contributed by atoms with Crippen LogP contribution in [0.5, 0.6) is 23.0 Å². The number of halogens is 5. The van der Waals surface area contributed by atoms with Gasteiger partial charge in [0.05, 0.1) is 11.4 Å². The van der Waals surface area contributed by atoms with Crippen LogP contribution in [0.4, 0.5) is 68.2 Å². The normalized spacial score (nSPS) is 12.9. The minimum Gasteiger partial charge on any atom is -0.458 e. The van der Waals surface area contributed by atoms with E-state index in [0.29, 0.717) is 0 Å². The summed E-state index contributed by atoms with van der Waals surface area (Å²) in [7, 11) is 0. The summed E-state index contributed by atoms with van der Waals surface area (Å²) in [4.78, 5) is 9.97. The summed E-state index contributed by atoms with van der Waals surface area (Å²) in [6.45, 7) is 10.9. The van der Waals surface area contributed by atoms with Gasteiger partial charge >= 0.3 is 0 Å². The van der Waals surface area contributed by atoms with Gasteiger partial charge in [-0.05, 0) is 384 Å². The molecule has 0 atom stereocenters. The van der Waals surface area contributed by atoms with Gasteiger partial charge in [-0.25, -0.2) is 0 Å². The molecule has 11 aromatic rings. The SMILES string of the molecule is CCCCc1ccc(N(c2ccc(I)cc2)c2cc3c4c(c2)N(c2ccc(I)cc2)c2cc5c(cc2B4c2c(I)cc(C)cc2O3)B2c3c(CCCC)cc(C)cc3Oc3cc(N(c4ccc(I)cc4)c4ccc(CCCC)cc4)cc(c32)N5c2ccc(I)cc2)cc1. The van der Waals surface area contributed by atoms with Gasteiger partial charge in [0, 0.05) is 86.9 Å². The first-order chi connectivity index (χ1) is 45.3. The van der Waals surface area contributed by atoms with Gasteiger partial charge in [-0.1, -0.05) is 76.4 Å². The predicted octanol–water partition coefficient (Wildman–Crippen LogP) is 21.1. The Morgan fingerprint density at radius 1 is 0.344 bits per heavy atom. The summed E-state index contributed by atoms with van der Waals surface area (Å²) in [5, 5.41) is 0. The highest BCUT2D eigenvalue weighted by atomic mass is 127. The van der Waals surface area contributed by atoms with Gasteiger partial charge in [-0.15, -0.1) is 0 Å². The predicted molar refractivity (Wildman–Crippen MR) is 436 cm³/mol. The molecule has 0 aromatic heterocycles. The number of unbranched alkanes of at least 4 members (excludes halogenated alkanes) is 3. The number of anilines is 12. The number of hydrogen-bond acceptors (Lipinski definition) is 6. The van der Waals surface area contributed by atoms with Crippen LogP contribution in [0.1, 0.15) is 87.1 Å². The molecule has 15 rings (SSSR count). The van der Waals surface area contributed by atoms with Crippen LogP contribution in [-0.2, 0) is 19.3 Å². The monoisotopic (exact) mass is 1770 g/mol. The van der Waals surface area contributed by atoms with Crippen LogP contribution < -0.4 is 61.9 Å². The molecule has 0 unspecified atom stereocenters. The molecule has 0 fully saturated rings. The van der Waals surface area contributed by atoms with E-state index in [-0.39, 0.29) is 13.4 Å². The van der Waals surface area contributed by atoms with E-state index in [1.807, 2.05) is 0 Å². The third-order valence-corrected chi connectivity index (χ3v) is 22.6. The Balaban J connectivity index is 1.03. The zero-order valence-electron chi connectivity index (χ0n) is 52.6. The summed E-state index contributed by atoms with van der Waals surface area (Å²) in [6.07, 6.45) is 9.85. The second-order valence-corrected chi connectivity index (χ2v) is 31.3. The number of rotatable bonds is 17. The summed E-state index contributed by atoms with van der Waals surface area (Å²) in [5.41, 5.74) is 26.7. The lowest BCUT2D eigenvalue weighted by molar-refractivity contribution is 0.486. The second-order valence-electron chi connectivity index (χ2n) is 25.2. The van der Waals surface area contributed by atoms with Crippen molar-refractivity contribution in [3.63, 3.8) is 0 Å². The van der Waals surface area contributed by atoms with Gasteiger partial charge in [-0.3, -0.25) is 0 Å². The number of benzene rings is 11. The van der Waals surface area contributed by atoms with Crippen LogP contribution in [0.25, 0.3) is 0 Å². The minimum atomic E-state index is -0.187. The zero-order valence-corrected chi connectivity index (χ0v) is 63.4. The molecule has 0 saturated carbocycles. The fourth-order valence-electron chi connectivity index (χ4n) is 14.5. The van der Waals surface area contributed by atoms with Crippen LogP contribution >= 0.6 is 113 Å². The van der Waals surface area contributed by atoms with Gasteiger partial charge < -0.3 is 29.1 Å². The van der Waals surface area contributed by atoms with E-state index in [0.717, 1.165) is 154 Å². The number of nitrogens with zero attached hydrogens (tertiary/aromatic N) is 4. The highest BCUT2D eigenvalue weighted by Gasteiger charge is 2.49. The first kappa shape index (κ1) is 63.1. The Hall–Kier alpha value is -6.00. The van der Waals surface area contributed by atoms with Gasteiger partial charge in [0.25, 0.3) is 13.4 Å². The maximum absolute atomic E-state index is 7.61. The lowest BCUT2D eigenvalue weighted by Crippen LogP contribution is -2.64. The van der Waals surface area contributed by atoms with Crippen LogP contribution in [0.2, 0.25) is 0 Å². The molecule has 0 aliphatic carbocycles. The standard InChI is InChI=1S/C80H67B2I5N4O2/c1-6-9-12-51-15-27-58(28-16-51)88(60-31-19-54(83)20-32-60)64-43-71-79-75(45-64)92-73-41-49(4)39-53(14-11-8-3)77(73)81(79)66-47-67-70(48-69(66)90(71)62-35-23-56(85)24-36-62)91(63-37-25-57(86)26-38-63)72-44-65(46-76-80(72)82(67)78-68(87)40-50(5)42-74(78)93-76)89(61-33-21-55(84)22-34-61)59-29-17-52(18-30-59)13-10-7-2/h15-48H,6-14H2,1-5H3. The van der Waals surface area contributed by atoms with E-state index in [4.69, 9.17) is 9.47 Å². The van der Waals surface area contributed by atoms with Crippen molar-refractivity contribution in [2.45, 2.75) is 92.4 Å². The van der Waals surface area contributed by atoms with Crippen LogP contribution in [-0.4, -0.2) is 13.4 Å². The van der Waals surface area contributed by atoms with Crippen LogP contribution in [0.3, 0.4) is 0 Å². The van der Waals surface area contributed by atoms with Crippen molar-refractivity contribution < 1.29 is 9.47 Å². The molecule has 4 heterocycles. The molecule has 6 nitrogen and oxygen atoms in total. The van der Waals surface area contributed by atoms with E-state index < -0.39 is 0 Å². The fourth-order valence-corrected chi connectivity index (χ4v) is 17.1. The largest absolute Gasteiger partial charge is 0.458 e. The average Bonchev–Trinajstić information content (AvgIpc) is 0.690. The van der Waals surface area contributed by atoms with Gasteiger partial charge in [0.1, 0.15) is 23.0 Å². The smallest absolute Gasteiger partial charge is 0.257 e. The number of fused-ring (bicyclic) bond motifs is 8. The minimum absolute atomic E-state index is 0.174. The Kier molecular flexibility index (Phi) is 18.0. The van der Waals surface area contributed by atoms with E-state index >= 15 is 0 Å². The molecular formula is C80H67B2I5N4O2. The average molecular weight is 1770 g/mol. The molecule has 0 saturated heterocycles. The Bertz CT molecular complexity index is 4680. The molecule has 0 N–H and O–H groups in total. The van der Waals surface area contributed by atoms with E-state index in [1.165, 1.54) is 73.0 Å². The third-order valence-electron chi connectivity index (χ3n) is 18.9. The number of aryl methyl sites for hydroxylation is 5. The van der Waals surface area contributed by atoms with Gasteiger partial charge in [0.15, 0.2) is 0 Å². The Labute approximate surface area is 616 Å². The van der Waals surface area contributed by atoms with Crippen LogP contribution in [0, 0.1) is 31.7 Å². The summed E-state index contributed by atoms with van der Waals surface area (Å²) in [5.74, 6) is 3.56. The molecule has 0 bridgehead atoms. The lowest BCUT2D eigenvalue weighted by atomic mass is 9.30. The molecule has 4 aliphatic heterocycles. The molecule has 0 radical (unpaired) electrons. The van der Waals surface area contributed by atoms with Gasteiger partial charge in [0.2, 0.25) is 0 Å². The molecule has 13 heteroatoms. The van der Waals surface area contributed by atoms with Crippen molar-refractivity contribution in [2.75, 3.05) is 19.6 Å². The Morgan fingerprint density at radius 2 is 0.710 bits per heavy atom. The third kappa shape index (κ3) is 11.9. The fraction of sp³-hybridized carbons (Fsp3) is 0.175. The van der Waals surface area contributed by atoms with E-state index in [1.54, 1.807) is 0 Å². The lowest BCUT2D eigenvalue weighted by Gasteiger charge is -2.45. The maximum atomic E-state index is 7.61. The van der Waals surface area contributed by atoms with Crippen molar-refractivity contribution in [1.82, 2.24) is 0 Å². The van der Waals surface area contributed by atoms with Crippen LogP contribution in [0.15, 0.2) is 206 Å². The van der Waals surface area contributed by atoms with Crippen molar-refractivity contribution in [3.8, 4) is 23.0 Å². The van der Waals surface area contributed by atoms with Crippen molar-refractivity contribution in [1.29, 1.82) is 0 Å². The summed E-state index contributed by atoms with van der Waals surface area (Å²) < 4.78 is 21.0. The zero-order chi connectivity index (χ0) is 63.8. The summed E-state index contributed by atoms with van der Waals surface area (Å²) >= 11 is 12.4. The second kappa shape index (κ2) is 26.5. The molecule has 11 aromatic carbocycles. The highest BCUT2D eigenvalue weighted by molar-refractivity contribution is 14.1. The first-order valence-electron chi connectivity index (χ1n) is 32.6. The van der Waals surface area contributed by atoms with E-state index in [2.05, 4.69) is 373 Å². The molecule has 0 spiro atoms. The molecule has 93 heavy (non-hydrogen) atoms. The maximum Gasteiger partial charge on any atom is 0.257 e. The summed E-state index contributed by atoms with van der Waals surface area (Å²) in [6, 6.07) is 78.7. The van der Waals surface area contributed by atoms with Crippen molar-refractivity contribution >= 4 is 227 Å². The van der Waals surface area contributed by atoms with Crippen molar-refractivity contribution in [2.24, 2.45) is 0 Å². The molecular weight excluding hydrogens is 1710 g/mol. The Morgan fingerprint density at radius 3 is 1.14 bits per heavy atom. The first-order valence-corrected chi connectivity index (χ1v) is 38.0. The molecule has 460 valence electrons. The topological polar surface area (TPSA) is 31.4 Å². The number of ether oxygens (including phenoxy) is 2. The quantitative estimate of drug-likeness (QED) is 0.0667. The molecule has 0 amide bonds. The molecule has 4 aliphatic rings. The van der Waals surface area contributed by atoms with Crippen molar-refractivity contribution in [3.05, 3.63) is 252 Å². The van der Waals surface area contributed by atoms with Gasteiger partial charge in [-0.2, -0.15) is 0 Å². The number of hydrogen-bond donors (Lipinski definition) is 0. The highest BCUT2D eigenvalue weighted by Crippen LogP contribution is 2.51.